The van der Waals surface area contributed by atoms with Gasteiger partial charge in [-0.25, -0.2) is 0 Å². The number of nitrogens with one attached hydrogen (secondary N) is 1. The zero-order valence-corrected chi connectivity index (χ0v) is 22.4. The van der Waals surface area contributed by atoms with Crippen LogP contribution in [0.15, 0.2) is 42.6 Å². The molecule has 3 aromatic rings. The normalized spacial score (nSPS) is 12.1. The van der Waals surface area contributed by atoms with E-state index in [-0.39, 0.29) is 17.7 Å². The molecule has 36 heavy (non-hydrogen) atoms. The largest absolute Gasteiger partial charge is 0.495 e. The minimum atomic E-state index is -0.267. The van der Waals surface area contributed by atoms with Crippen LogP contribution in [0.2, 0.25) is 0 Å². The number of nitrogens with zero attached hydrogens (tertiary/aromatic N) is 2. The molecule has 1 aromatic carbocycles. The highest BCUT2D eigenvalue weighted by Crippen LogP contribution is 2.33. The van der Waals surface area contributed by atoms with Crippen LogP contribution in [0.3, 0.4) is 0 Å². The molecule has 2 aromatic heterocycles. The molecule has 0 bridgehead atoms. The summed E-state index contributed by atoms with van der Waals surface area (Å²) in [6.07, 6.45) is 6.14. The Balaban J connectivity index is 1.86. The summed E-state index contributed by atoms with van der Waals surface area (Å²) < 4.78 is 13.0. The molecule has 0 aliphatic heterocycles. The number of carbonyl (C=O) groups is 2. The molecule has 7 nitrogen and oxygen atoms in total. The van der Waals surface area contributed by atoms with Gasteiger partial charge in [0.15, 0.2) is 0 Å². The lowest BCUT2D eigenvalue weighted by Crippen LogP contribution is -2.43. The van der Waals surface area contributed by atoms with Gasteiger partial charge in [-0.3, -0.25) is 14.5 Å². The molecule has 1 N–H and O–H groups in total. The third kappa shape index (κ3) is 5.73. The zero-order chi connectivity index (χ0) is 26.2. The van der Waals surface area contributed by atoms with E-state index in [4.69, 9.17) is 9.47 Å². The highest BCUT2D eigenvalue weighted by Gasteiger charge is 2.25. The predicted octanol–water partition coefficient (Wildman–Crippen LogP) is 5.73. The molecule has 0 saturated carbocycles. The Labute approximate surface area is 214 Å². The first kappa shape index (κ1) is 27.3. The van der Waals surface area contributed by atoms with Crippen LogP contribution in [0.1, 0.15) is 68.1 Å². The summed E-state index contributed by atoms with van der Waals surface area (Å²) in [6, 6.07) is 10.6. The Morgan fingerprint density at radius 1 is 1.03 bits per heavy atom. The van der Waals surface area contributed by atoms with E-state index in [2.05, 4.69) is 24.1 Å². The van der Waals surface area contributed by atoms with E-state index >= 15 is 0 Å². The Morgan fingerprint density at radius 2 is 1.72 bits per heavy atom. The molecule has 0 spiro atoms. The van der Waals surface area contributed by atoms with Gasteiger partial charge >= 0.3 is 0 Å². The minimum Gasteiger partial charge on any atom is -0.495 e. The smallest absolute Gasteiger partial charge is 0.241 e. The number of fused-ring (bicyclic) bond motifs is 1. The molecule has 0 aliphatic rings. The number of amides is 1. The summed E-state index contributed by atoms with van der Waals surface area (Å²) in [5.41, 5.74) is 3.17. The van der Waals surface area contributed by atoms with Crippen LogP contribution in [0.5, 0.6) is 11.5 Å². The molecule has 194 valence electrons. The molecular formula is C29H39N3O4. The van der Waals surface area contributed by atoms with E-state index in [1.165, 1.54) is 0 Å². The fourth-order valence-electron chi connectivity index (χ4n) is 4.54. The van der Waals surface area contributed by atoms with Crippen LogP contribution in [-0.2, 0) is 4.79 Å². The average Bonchev–Trinajstić information content (AvgIpc) is 3.18. The fourth-order valence-corrected chi connectivity index (χ4v) is 4.54. The Kier molecular flexibility index (Phi) is 9.53. The van der Waals surface area contributed by atoms with Crippen LogP contribution < -0.4 is 14.8 Å². The molecule has 0 saturated heterocycles. The Hall–Kier alpha value is -3.32. The lowest BCUT2D eigenvalue weighted by atomic mass is 10.0. The number of aromatic nitrogens is 1. The number of pyridine rings is 1. The Bertz CT molecular complexity index is 1190. The second-order valence-corrected chi connectivity index (χ2v) is 9.12. The van der Waals surface area contributed by atoms with Crippen molar-refractivity contribution in [3.05, 3.63) is 59.4 Å². The lowest BCUT2D eigenvalue weighted by molar-refractivity contribution is -0.120. The first-order valence-electron chi connectivity index (χ1n) is 12.8. The number of ketones is 1. The first-order chi connectivity index (χ1) is 17.4. The summed E-state index contributed by atoms with van der Waals surface area (Å²) in [5, 5.41) is 3.01. The van der Waals surface area contributed by atoms with Crippen molar-refractivity contribution < 1.29 is 19.1 Å². The molecule has 1 unspecified atom stereocenters. The minimum absolute atomic E-state index is 0.0854. The van der Waals surface area contributed by atoms with E-state index in [9.17, 15) is 9.59 Å². The van der Waals surface area contributed by atoms with Crippen molar-refractivity contribution in [2.24, 2.45) is 0 Å². The van der Waals surface area contributed by atoms with Gasteiger partial charge in [0.25, 0.3) is 0 Å². The number of hydrogen-bond donors (Lipinski definition) is 1. The maximum absolute atomic E-state index is 13.6. The third-order valence-corrected chi connectivity index (χ3v) is 6.69. The number of methoxy groups -OCH3 is 2. The molecule has 3 rings (SSSR count). The molecule has 1 amide bonds. The number of rotatable bonds is 13. The fraction of sp³-hybridized carbons (Fsp3) is 0.448. The standard InChI is InChI=1S/C29H39N3O4/c1-7-9-16-31(17-10-8-2)21(4)29(34)30-23-15-14-22(19-25(23)35-5)27(33)26-20(3)28(36-6)24-13-11-12-18-32(24)26/h11-15,18-19,21H,7-10,16-17H2,1-6H3,(H,30,34). The van der Waals surface area contributed by atoms with Crippen LogP contribution in [0, 0.1) is 6.92 Å². The first-order valence-corrected chi connectivity index (χ1v) is 12.8. The van der Waals surface area contributed by atoms with E-state index < -0.39 is 0 Å². The predicted molar refractivity (Wildman–Crippen MR) is 145 cm³/mol. The summed E-state index contributed by atoms with van der Waals surface area (Å²) in [5.74, 6) is 0.893. The van der Waals surface area contributed by atoms with Gasteiger partial charge < -0.3 is 19.2 Å². The highest BCUT2D eigenvalue weighted by atomic mass is 16.5. The molecule has 7 heteroatoms. The van der Waals surface area contributed by atoms with Gasteiger partial charge in [0, 0.05) is 17.3 Å². The molecule has 0 radical (unpaired) electrons. The molecule has 0 aliphatic carbocycles. The number of ether oxygens (including phenoxy) is 2. The van der Waals surface area contributed by atoms with Gasteiger partial charge in [-0.15, -0.1) is 0 Å². The maximum Gasteiger partial charge on any atom is 0.241 e. The lowest BCUT2D eigenvalue weighted by Gasteiger charge is -2.28. The summed E-state index contributed by atoms with van der Waals surface area (Å²) in [4.78, 5) is 28.9. The molecule has 2 heterocycles. The van der Waals surface area contributed by atoms with Crippen LogP contribution in [-0.4, -0.2) is 54.3 Å². The van der Waals surface area contributed by atoms with Crippen molar-refractivity contribution in [3.63, 3.8) is 0 Å². The van der Waals surface area contributed by atoms with Crippen LogP contribution >= 0.6 is 0 Å². The summed E-state index contributed by atoms with van der Waals surface area (Å²) >= 11 is 0. The second-order valence-electron chi connectivity index (χ2n) is 9.12. The molecule has 0 fully saturated rings. The van der Waals surface area contributed by atoms with Crippen molar-refractivity contribution in [2.75, 3.05) is 32.6 Å². The van der Waals surface area contributed by atoms with E-state index in [1.807, 2.05) is 42.6 Å². The van der Waals surface area contributed by atoms with Crippen molar-refractivity contribution in [2.45, 2.75) is 59.4 Å². The SMILES string of the molecule is CCCCN(CCCC)C(C)C(=O)Nc1ccc(C(=O)c2c(C)c(OC)c3ccccn23)cc1OC. The van der Waals surface area contributed by atoms with Gasteiger partial charge in [0.2, 0.25) is 11.7 Å². The topological polar surface area (TPSA) is 72.3 Å². The van der Waals surface area contributed by atoms with E-state index in [0.717, 1.165) is 49.9 Å². The van der Waals surface area contributed by atoms with E-state index in [0.29, 0.717) is 28.4 Å². The van der Waals surface area contributed by atoms with Gasteiger partial charge in [0.1, 0.15) is 17.2 Å². The van der Waals surface area contributed by atoms with Gasteiger partial charge in [0.05, 0.1) is 31.5 Å². The van der Waals surface area contributed by atoms with Crippen LogP contribution in [0.4, 0.5) is 5.69 Å². The quantitative estimate of drug-likeness (QED) is 0.308. The van der Waals surface area contributed by atoms with Crippen molar-refractivity contribution in [1.82, 2.24) is 9.30 Å². The number of benzene rings is 1. The van der Waals surface area contributed by atoms with Crippen LogP contribution in [0.25, 0.3) is 5.52 Å². The van der Waals surface area contributed by atoms with Crippen molar-refractivity contribution in [1.29, 1.82) is 0 Å². The number of unbranched alkanes of at least 4 members (excludes halogenated alkanes) is 2. The third-order valence-electron chi connectivity index (χ3n) is 6.69. The molecular weight excluding hydrogens is 454 g/mol. The maximum atomic E-state index is 13.6. The second kappa shape index (κ2) is 12.6. The van der Waals surface area contributed by atoms with Crippen molar-refractivity contribution >= 4 is 22.9 Å². The summed E-state index contributed by atoms with van der Waals surface area (Å²) in [6.45, 7) is 9.93. The highest BCUT2D eigenvalue weighted by molar-refractivity contribution is 6.11. The van der Waals surface area contributed by atoms with Gasteiger partial charge in [-0.1, -0.05) is 32.8 Å². The molecule has 1 atom stereocenters. The van der Waals surface area contributed by atoms with Gasteiger partial charge in [-0.05, 0) is 70.1 Å². The number of anilines is 1. The summed E-state index contributed by atoms with van der Waals surface area (Å²) in [7, 11) is 3.15. The monoisotopic (exact) mass is 493 g/mol. The average molecular weight is 494 g/mol. The van der Waals surface area contributed by atoms with Gasteiger partial charge in [-0.2, -0.15) is 0 Å². The number of carbonyl (C=O) groups excluding carboxylic acids is 2. The Morgan fingerprint density at radius 3 is 2.33 bits per heavy atom. The number of hydrogen-bond acceptors (Lipinski definition) is 5. The zero-order valence-electron chi connectivity index (χ0n) is 22.4. The van der Waals surface area contributed by atoms with E-state index in [1.54, 1.807) is 32.4 Å². The van der Waals surface area contributed by atoms with Crippen molar-refractivity contribution in [3.8, 4) is 11.5 Å².